The Balaban J connectivity index is 1.63. The average Bonchev–Trinajstić information content (AvgIpc) is 3.38. The van der Waals surface area contributed by atoms with Crippen molar-refractivity contribution < 1.29 is 18.9 Å². The third-order valence-corrected chi connectivity index (χ3v) is 4.32. The van der Waals surface area contributed by atoms with E-state index in [1.807, 2.05) is 0 Å². The molecule has 0 unspecified atom stereocenters. The van der Waals surface area contributed by atoms with Crippen LogP contribution in [0.15, 0.2) is 41.0 Å². The fourth-order valence-corrected chi connectivity index (χ4v) is 3.00. The first kappa shape index (κ1) is 18.4. The standard InChI is InChI=1S/C18H20N4O5/c23-17(19-7-8-20-18(24)16-4-3-11-27-16)14-12-13(22(25)26)5-6-15(14)21-9-1-2-10-21/h3-6,11-12H,1-2,7-10H2,(H,19,23)(H,20,24). The molecular weight excluding hydrogens is 352 g/mol. The highest BCUT2D eigenvalue weighted by Gasteiger charge is 2.22. The number of benzene rings is 1. The van der Waals surface area contributed by atoms with E-state index in [1.165, 1.54) is 18.4 Å². The Morgan fingerprint density at radius 1 is 1.11 bits per heavy atom. The van der Waals surface area contributed by atoms with E-state index in [1.54, 1.807) is 18.2 Å². The number of nitrogens with zero attached hydrogens (tertiary/aromatic N) is 2. The highest BCUT2D eigenvalue weighted by Crippen LogP contribution is 2.28. The van der Waals surface area contributed by atoms with Gasteiger partial charge in [0.15, 0.2) is 5.76 Å². The molecule has 1 fully saturated rings. The van der Waals surface area contributed by atoms with Crippen molar-refractivity contribution in [2.75, 3.05) is 31.1 Å². The average molecular weight is 372 g/mol. The largest absolute Gasteiger partial charge is 0.459 e. The number of carbonyl (C=O) groups excluding carboxylic acids is 2. The lowest BCUT2D eigenvalue weighted by atomic mass is 10.1. The van der Waals surface area contributed by atoms with Gasteiger partial charge in [0, 0.05) is 38.3 Å². The molecule has 3 rings (SSSR count). The molecule has 2 aromatic rings. The van der Waals surface area contributed by atoms with Crippen molar-refractivity contribution in [3.8, 4) is 0 Å². The Morgan fingerprint density at radius 3 is 2.44 bits per heavy atom. The zero-order chi connectivity index (χ0) is 19.2. The summed E-state index contributed by atoms with van der Waals surface area (Å²) in [7, 11) is 0. The van der Waals surface area contributed by atoms with Gasteiger partial charge in [-0.25, -0.2) is 0 Å². The third-order valence-electron chi connectivity index (χ3n) is 4.32. The maximum atomic E-state index is 12.6. The number of furan rings is 1. The number of amides is 2. The number of hydrogen-bond donors (Lipinski definition) is 2. The number of carbonyl (C=O) groups is 2. The zero-order valence-electron chi connectivity index (χ0n) is 14.6. The lowest BCUT2D eigenvalue weighted by Gasteiger charge is -2.20. The summed E-state index contributed by atoms with van der Waals surface area (Å²) in [5.74, 6) is -0.591. The second-order valence-corrected chi connectivity index (χ2v) is 6.14. The fraction of sp³-hybridized carbons (Fsp3) is 0.333. The number of hydrogen-bond acceptors (Lipinski definition) is 6. The molecule has 1 aromatic heterocycles. The van der Waals surface area contributed by atoms with Crippen molar-refractivity contribution in [3.63, 3.8) is 0 Å². The molecule has 1 aliphatic rings. The molecule has 142 valence electrons. The van der Waals surface area contributed by atoms with Crippen LogP contribution in [0.5, 0.6) is 0 Å². The Hall–Kier alpha value is -3.36. The molecule has 2 N–H and O–H groups in total. The summed E-state index contributed by atoms with van der Waals surface area (Å²) in [5, 5.41) is 16.4. The van der Waals surface area contributed by atoms with E-state index in [0.717, 1.165) is 25.9 Å². The molecule has 27 heavy (non-hydrogen) atoms. The number of nitro benzene ring substituents is 1. The third kappa shape index (κ3) is 4.43. The van der Waals surface area contributed by atoms with Crippen LogP contribution in [-0.2, 0) is 0 Å². The van der Waals surface area contributed by atoms with Crippen molar-refractivity contribution in [2.45, 2.75) is 12.8 Å². The number of nitrogens with one attached hydrogen (secondary N) is 2. The second kappa shape index (κ2) is 8.35. The van der Waals surface area contributed by atoms with Crippen molar-refractivity contribution in [1.29, 1.82) is 0 Å². The molecule has 9 heteroatoms. The van der Waals surface area contributed by atoms with E-state index in [0.29, 0.717) is 5.69 Å². The molecule has 0 bridgehead atoms. The van der Waals surface area contributed by atoms with Gasteiger partial charge in [0.25, 0.3) is 17.5 Å². The monoisotopic (exact) mass is 372 g/mol. The van der Waals surface area contributed by atoms with E-state index in [4.69, 9.17) is 4.42 Å². The van der Waals surface area contributed by atoms with Gasteiger partial charge in [-0.05, 0) is 31.0 Å². The van der Waals surface area contributed by atoms with Gasteiger partial charge in [-0.1, -0.05) is 0 Å². The Kier molecular flexibility index (Phi) is 5.70. The van der Waals surface area contributed by atoms with Crippen LogP contribution in [0.1, 0.15) is 33.8 Å². The van der Waals surface area contributed by atoms with Gasteiger partial charge in [0.05, 0.1) is 22.4 Å². The molecule has 0 spiro atoms. The molecule has 0 atom stereocenters. The number of anilines is 1. The normalized spacial score (nSPS) is 13.4. The van der Waals surface area contributed by atoms with Crippen LogP contribution in [-0.4, -0.2) is 42.9 Å². The van der Waals surface area contributed by atoms with E-state index in [2.05, 4.69) is 15.5 Å². The summed E-state index contributed by atoms with van der Waals surface area (Å²) in [5.41, 5.74) is 0.827. The Labute approximate surface area is 155 Å². The van der Waals surface area contributed by atoms with E-state index >= 15 is 0 Å². The van der Waals surface area contributed by atoms with Crippen LogP contribution in [0.4, 0.5) is 11.4 Å². The SMILES string of the molecule is O=C(NCCNC(=O)c1cc([N+](=O)[O-])ccc1N1CCCC1)c1ccco1. The van der Waals surface area contributed by atoms with E-state index < -0.39 is 10.8 Å². The van der Waals surface area contributed by atoms with Crippen LogP contribution in [0.2, 0.25) is 0 Å². The smallest absolute Gasteiger partial charge is 0.287 e. The van der Waals surface area contributed by atoms with Crippen LogP contribution in [0, 0.1) is 10.1 Å². The molecular formula is C18H20N4O5. The summed E-state index contributed by atoms with van der Waals surface area (Å²) in [4.78, 5) is 36.9. The number of rotatable bonds is 7. The summed E-state index contributed by atoms with van der Waals surface area (Å²) in [6.45, 7) is 2.03. The van der Waals surface area contributed by atoms with Gasteiger partial charge in [-0.15, -0.1) is 0 Å². The molecule has 0 aliphatic carbocycles. The van der Waals surface area contributed by atoms with Gasteiger partial charge in [0.2, 0.25) is 0 Å². The molecule has 1 aliphatic heterocycles. The molecule has 2 amide bonds. The first-order valence-electron chi connectivity index (χ1n) is 8.69. The quantitative estimate of drug-likeness (QED) is 0.436. The molecule has 0 radical (unpaired) electrons. The van der Waals surface area contributed by atoms with Crippen molar-refractivity contribution in [1.82, 2.24) is 10.6 Å². The summed E-state index contributed by atoms with van der Waals surface area (Å²) >= 11 is 0. The number of nitro groups is 1. The first-order chi connectivity index (χ1) is 13.1. The second-order valence-electron chi connectivity index (χ2n) is 6.14. The first-order valence-corrected chi connectivity index (χ1v) is 8.69. The van der Waals surface area contributed by atoms with Crippen molar-refractivity contribution in [3.05, 3.63) is 58.0 Å². The molecule has 1 saturated heterocycles. The Bertz CT molecular complexity index is 828. The van der Waals surface area contributed by atoms with Crippen LogP contribution in [0.3, 0.4) is 0 Å². The number of non-ortho nitro benzene ring substituents is 1. The Morgan fingerprint density at radius 2 is 1.81 bits per heavy atom. The van der Waals surface area contributed by atoms with Gasteiger partial charge in [-0.3, -0.25) is 19.7 Å². The van der Waals surface area contributed by atoms with Crippen LogP contribution >= 0.6 is 0 Å². The predicted octanol–water partition coefficient (Wildman–Crippen LogP) is 1.95. The van der Waals surface area contributed by atoms with Crippen LogP contribution < -0.4 is 15.5 Å². The zero-order valence-corrected chi connectivity index (χ0v) is 14.6. The topological polar surface area (TPSA) is 118 Å². The lowest BCUT2D eigenvalue weighted by Crippen LogP contribution is -2.35. The van der Waals surface area contributed by atoms with Gasteiger partial charge >= 0.3 is 0 Å². The molecule has 0 saturated carbocycles. The van der Waals surface area contributed by atoms with Gasteiger partial charge in [-0.2, -0.15) is 0 Å². The maximum absolute atomic E-state index is 12.6. The van der Waals surface area contributed by atoms with E-state index in [9.17, 15) is 19.7 Å². The minimum absolute atomic E-state index is 0.130. The molecule has 9 nitrogen and oxygen atoms in total. The summed E-state index contributed by atoms with van der Waals surface area (Å²) < 4.78 is 4.98. The van der Waals surface area contributed by atoms with Crippen molar-refractivity contribution in [2.24, 2.45) is 0 Å². The van der Waals surface area contributed by atoms with Gasteiger partial charge in [0.1, 0.15) is 0 Å². The maximum Gasteiger partial charge on any atom is 0.287 e. The van der Waals surface area contributed by atoms with E-state index in [-0.39, 0.29) is 36.0 Å². The van der Waals surface area contributed by atoms with Crippen molar-refractivity contribution >= 4 is 23.2 Å². The summed E-state index contributed by atoms with van der Waals surface area (Å²) in [6, 6.07) is 7.48. The highest BCUT2D eigenvalue weighted by atomic mass is 16.6. The fourth-order valence-electron chi connectivity index (χ4n) is 3.00. The minimum atomic E-state index is -0.520. The minimum Gasteiger partial charge on any atom is -0.459 e. The van der Waals surface area contributed by atoms with Gasteiger partial charge < -0.3 is 20.0 Å². The molecule has 2 heterocycles. The highest BCUT2D eigenvalue weighted by molar-refractivity contribution is 6.00. The predicted molar refractivity (Wildman–Crippen MR) is 97.9 cm³/mol. The molecule has 1 aromatic carbocycles. The lowest BCUT2D eigenvalue weighted by molar-refractivity contribution is -0.384. The van der Waals surface area contributed by atoms with Crippen LogP contribution in [0.25, 0.3) is 0 Å². The summed E-state index contributed by atoms with van der Waals surface area (Å²) in [6.07, 6.45) is 3.45.